The third-order valence-electron chi connectivity index (χ3n) is 3.10. The number of para-hydroxylation sites is 1. The summed E-state index contributed by atoms with van der Waals surface area (Å²) in [5, 5.41) is 9.14. The fourth-order valence-corrected chi connectivity index (χ4v) is 2.86. The van der Waals surface area contributed by atoms with Crippen molar-refractivity contribution in [2.24, 2.45) is 0 Å². The minimum absolute atomic E-state index is 0.102. The number of hydrogen-bond donors (Lipinski definition) is 1. The van der Waals surface area contributed by atoms with Crippen LogP contribution in [-0.4, -0.2) is 41.1 Å². The lowest BCUT2D eigenvalue weighted by molar-refractivity contribution is 0.0699. The van der Waals surface area contributed by atoms with Crippen LogP contribution in [0.3, 0.4) is 0 Å². The minimum atomic E-state index is -2.99. The van der Waals surface area contributed by atoms with Crippen LogP contribution in [0, 0.1) is 6.92 Å². The minimum Gasteiger partial charge on any atom is -0.478 e. The van der Waals surface area contributed by atoms with Crippen molar-refractivity contribution in [3.05, 3.63) is 29.6 Å². The number of aryl methyl sites for hydroxylation is 2. The molecule has 0 spiro atoms. The molecule has 0 aliphatic heterocycles. The van der Waals surface area contributed by atoms with Crippen LogP contribution in [0.5, 0.6) is 0 Å². The third-order valence-corrected chi connectivity index (χ3v) is 4.13. The van der Waals surface area contributed by atoms with Gasteiger partial charge < -0.3 is 9.67 Å². The second-order valence-corrected chi connectivity index (χ2v) is 7.03. The molecule has 2 aromatic rings. The van der Waals surface area contributed by atoms with Gasteiger partial charge in [0.25, 0.3) is 0 Å². The molecule has 1 aromatic heterocycles. The van der Waals surface area contributed by atoms with Crippen molar-refractivity contribution in [3.63, 3.8) is 0 Å². The fraction of sp³-hybridized carbons (Fsp3) is 0.385. The largest absolute Gasteiger partial charge is 0.478 e. The molecule has 1 aromatic carbocycles. The first-order valence-electron chi connectivity index (χ1n) is 6.16. The Morgan fingerprint density at radius 1 is 1.40 bits per heavy atom. The Morgan fingerprint density at radius 2 is 2.10 bits per heavy atom. The quantitative estimate of drug-likeness (QED) is 0.902. The summed E-state index contributed by atoms with van der Waals surface area (Å²) in [7, 11) is -2.99. The van der Waals surface area contributed by atoms with E-state index in [0.717, 1.165) is 5.52 Å². The van der Waals surface area contributed by atoms with Crippen molar-refractivity contribution in [3.8, 4) is 0 Å². The van der Waals surface area contributed by atoms with Gasteiger partial charge in [-0.15, -0.1) is 0 Å². The van der Waals surface area contributed by atoms with Gasteiger partial charge in [0.2, 0.25) is 0 Å². The molecule has 1 heterocycles. The average molecular weight is 296 g/mol. The SMILES string of the molecule is Cc1nc2c(C(=O)O)cccc2n1CCCS(C)(=O)=O. The van der Waals surface area contributed by atoms with E-state index in [2.05, 4.69) is 4.98 Å². The van der Waals surface area contributed by atoms with Gasteiger partial charge in [-0.2, -0.15) is 0 Å². The number of imidazole rings is 1. The molecular weight excluding hydrogens is 280 g/mol. The summed E-state index contributed by atoms with van der Waals surface area (Å²) in [5.41, 5.74) is 1.32. The highest BCUT2D eigenvalue weighted by molar-refractivity contribution is 7.90. The van der Waals surface area contributed by atoms with Gasteiger partial charge in [-0.25, -0.2) is 18.2 Å². The van der Waals surface area contributed by atoms with Gasteiger partial charge >= 0.3 is 5.97 Å². The van der Waals surface area contributed by atoms with Gasteiger partial charge in [-0.1, -0.05) is 6.07 Å². The molecule has 0 saturated heterocycles. The molecule has 0 bridgehead atoms. The number of sulfone groups is 1. The Morgan fingerprint density at radius 3 is 2.70 bits per heavy atom. The molecule has 0 fully saturated rings. The Balaban J connectivity index is 2.37. The van der Waals surface area contributed by atoms with E-state index in [4.69, 9.17) is 5.11 Å². The number of aromatic carboxylic acids is 1. The number of nitrogens with zero attached hydrogens (tertiary/aromatic N) is 2. The summed E-state index contributed by atoms with van der Waals surface area (Å²) in [6.07, 6.45) is 1.68. The zero-order valence-electron chi connectivity index (χ0n) is 11.3. The Bertz CT molecular complexity index is 762. The van der Waals surface area contributed by atoms with Gasteiger partial charge in [-0.05, 0) is 25.5 Å². The monoisotopic (exact) mass is 296 g/mol. The first kappa shape index (κ1) is 14.5. The molecule has 108 valence electrons. The summed E-state index contributed by atoms with van der Waals surface area (Å²) in [6, 6.07) is 4.97. The maximum atomic E-state index is 11.2. The molecule has 0 aliphatic rings. The van der Waals surface area contributed by atoms with Crippen LogP contribution in [-0.2, 0) is 16.4 Å². The second-order valence-electron chi connectivity index (χ2n) is 4.77. The third kappa shape index (κ3) is 2.98. The van der Waals surface area contributed by atoms with Crippen LogP contribution < -0.4 is 0 Å². The lowest BCUT2D eigenvalue weighted by Crippen LogP contribution is -2.08. The number of hydrogen-bond acceptors (Lipinski definition) is 4. The molecule has 7 heteroatoms. The number of carboxylic acid groups (broad SMARTS) is 1. The lowest BCUT2D eigenvalue weighted by Gasteiger charge is -2.06. The smallest absolute Gasteiger partial charge is 0.337 e. The van der Waals surface area contributed by atoms with Crippen LogP contribution in [0.2, 0.25) is 0 Å². The van der Waals surface area contributed by atoms with Crippen molar-refractivity contribution < 1.29 is 18.3 Å². The van der Waals surface area contributed by atoms with Gasteiger partial charge in [-0.3, -0.25) is 0 Å². The van der Waals surface area contributed by atoms with Gasteiger partial charge in [0, 0.05) is 12.8 Å². The highest BCUT2D eigenvalue weighted by Gasteiger charge is 2.15. The molecule has 20 heavy (non-hydrogen) atoms. The summed E-state index contributed by atoms with van der Waals surface area (Å²) >= 11 is 0. The number of carbonyl (C=O) groups is 1. The predicted molar refractivity (Wildman–Crippen MR) is 75.8 cm³/mol. The number of fused-ring (bicyclic) bond motifs is 1. The number of benzene rings is 1. The zero-order valence-corrected chi connectivity index (χ0v) is 12.1. The van der Waals surface area contributed by atoms with Crippen LogP contribution in [0.15, 0.2) is 18.2 Å². The van der Waals surface area contributed by atoms with Gasteiger partial charge in [0.15, 0.2) is 0 Å². The highest BCUT2D eigenvalue weighted by atomic mass is 32.2. The van der Waals surface area contributed by atoms with Crippen molar-refractivity contribution in [1.29, 1.82) is 0 Å². The van der Waals surface area contributed by atoms with Crippen LogP contribution in [0.25, 0.3) is 11.0 Å². The summed E-state index contributed by atoms with van der Waals surface area (Å²) < 4.78 is 24.2. The Labute approximate surface area is 117 Å². The first-order valence-corrected chi connectivity index (χ1v) is 8.22. The summed E-state index contributed by atoms with van der Waals surface area (Å²) in [5.74, 6) is -0.233. The average Bonchev–Trinajstić information content (AvgIpc) is 2.64. The van der Waals surface area contributed by atoms with E-state index in [1.165, 1.54) is 12.3 Å². The molecule has 1 N–H and O–H groups in total. The van der Waals surface area contributed by atoms with Crippen molar-refractivity contribution in [2.75, 3.05) is 12.0 Å². The van der Waals surface area contributed by atoms with Crippen LogP contribution >= 0.6 is 0 Å². The molecule has 0 unspecified atom stereocenters. The van der Waals surface area contributed by atoms with Gasteiger partial charge in [0.1, 0.15) is 21.2 Å². The molecule has 2 rings (SSSR count). The van der Waals surface area contributed by atoms with E-state index in [0.29, 0.717) is 24.3 Å². The number of rotatable bonds is 5. The topological polar surface area (TPSA) is 89.3 Å². The van der Waals surface area contributed by atoms with Crippen molar-refractivity contribution in [1.82, 2.24) is 9.55 Å². The molecule has 0 saturated carbocycles. The molecule has 0 amide bonds. The van der Waals surface area contributed by atoms with Crippen molar-refractivity contribution in [2.45, 2.75) is 19.9 Å². The zero-order chi connectivity index (χ0) is 14.9. The normalized spacial score (nSPS) is 11.9. The van der Waals surface area contributed by atoms with Crippen molar-refractivity contribution >= 4 is 26.8 Å². The first-order chi connectivity index (χ1) is 9.29. The van der Waals surface area contributed by atoms with E-state index < -0.39 is 15.8 Å². The van der Waals surface area contributed by atoms with E-state index in [-0.39, 0.29) is 11.3 Å². The predicted octanol–water partition coefficient (Wildman–Crippen LogP) is 1.48. The number of aromatic nitrogens is 2. The maximum Gasteiger partial charge on any atom is 0.337 e. The van der Waals surface area contributed by atoms with E-state index in [1.807, 2.05) is 4.57 Å². The number of carboxylic acids is 1. The molecule has 6 nitrogen and oxygen atoms in total. The molecule has 0 atom stereocenters. The maximum absolute atomic E-state index is 11.2. The highest BCUT2D eigenvalue weighted by Crippen LogP contribution is 2.20. The molecular formula is C13H16N2O4S. The van der Waals surface area contributed by atoms with E-state index in [9.17, 15) is 13.2 Å². The Hall–Kier alpha value is -1.89. The molecule has 0 aliphatic carbocycles. The van der Waals surface area contributed by atoms with E-state index in [1.54, 1.807) is 19.1 Å². The van der Waals surface area contributed by atoms with Crippen LogP contribution in [0.4, 0.5) is 0 Å². The van der Waals surface area contributed by atoms with Crippen LogP contribution in [0.1, 0.15) is 22.6 Å². The Kier molecular flexibility index (Phi) is 3.80. The van der Waals surface area contributed by atoms with E-state index >= 15 is 0 Å². The second kappa shape index (κ2) is 5.24. The summed E-state index contributed by atoms with van der Waals surface area (Å²) in [6.45, 7) is 2.28. The fourth-order valence-electron chi connectivity index (χ4n) is 2.20. The van der Waals surface area contributed by atoms with Gasteiger partial charge in [0.05, 0.1) is 16.8 Å². The summed E-state index contributed by atoms with van der Waals surface area (Å²) in [4.78, 5) is 15.4. The standard InChI is InChI=1S/C13H16N2O4S/c1-9-14-12-10(13(16)17)5-3-6-11(12)15(9)7-4-8-20(2,18)19/h3,5-6H,4,7-8H2,1-2H3,(H,16,17). The lowest BCUT2D eigenvalue weighted by atomic mass is 10.2. The molecule has 0 radical (unpaired) electrons.